The van der Waals surface area contributed by atoms with Gasteiger partial charge in [-0.2, -0.15) is 10.2 Å². The summed E-state index contributed by atoms with van der Waals surface area (Å²) in [7, 11) is 0. The molecular formula is C13H22ClN5. The molecule has 0 bridgehead atoms. The van der Waals surface area contributed by atoms with Gasteiger partial charge < -0.3 is 5.32 Å². The van der Waals surface area contributed by atoms with E-state index < -0.39 is 0 Å². The van der Waals surface area contributed by atoms with Crippen LogP contribution >= 0.6 is 12.4 Å². The molecule has 0 unspecified atom stereocenters. The summed E-state index contributed by atoms with van der Waals surface area (Å²) in [5.41, 5.74) is 2.20. The molecular weight excluding hydrogens is 262 g/mol. The molecule has 0 spiro atoms. The van der Waals surface area contributed by atoms with Crippen molar-refractivity contribution in [3.05, 3.63) is 29.7 Å². The molecule has 5 nitrogen and oxygen atoms in total. The Kier molecular flexibility index (Phi) is 5.42. The summed E-state index contributed by atoms with van der Waals surface area (Å²) in [6.45, 7) is 10.0. The minimum Gasteiger partial charge on any atom is -0.363 e. The first-order valence-electron chi connectivity index (χ1n) is 6.42. The standard InChI is InChI=1S/C13H21N5.ClH/c1-5-17-7-6-12(15-17)8-14-13-11(4)9-18(16-13)10(2)3;/h6-7,9-10H,5,8H2,1-4H3,(H,14,16);1H. The van der Waals surface area contributed by atoms with Crippen LogP contribution in [-0.4, -0.2) is 19.6 Å². The number of rotatable bonds is 5. The first kappa shape index (κ1) is 15.6. The predicted octanol–water partition coefficient (Wildman–Crippen LogP) is 3.02. The number of anilines is 1. The molecule has 0 saturated heterocycles. The Balaban J connectivity index is 0.00000180. The molecule has 0 aromatic carbocycles. The third-order valence-corrected chi connectivity index (χ3v) is 2.90. The highest BCUT2D eigenvalue weighted by Gasteiger charge is 2.07. The van der Waals surface area contributed by atoms with Crippen LogP contribution in [-0.2, 0) is 13.1 Å². The van der Waals surface area contributed by atoms with Crippen LogP contribution in [0.2, 0.25) is 0 Å². The van der Waals surface area contributed by atoms with Gasteiger partial charge in [0.1, 0.15) is 0 Å². The molecule has 1 N–H and O–H groups in total. The van der Waals surface area contributed by atoms with E-state index in [1.54, 1.807) is 0 Å². The van der Waals surface area contributed by atoms with Crippen LogP contribution in [0.25, 0.3) is 0 Å². The summed E-state index contributed by atoms with van der Waals surface area (Å²) in [5, 5.41) is 12.3. The number of halogens is 1. The molecule has 2 aromatic rings. The van der Waals surface area contributed by atoms with E-state index in [9.17, 15) is 0 Å². The smallest absolute Gasteiger partial charge is 0.151 e. The SMILES string of the molecule is CCn1ccc(CNc2nn(C(C)C)cc2C)n1.Cl. The van der Waals surface area contributed by atoms with Gasteiger partial charge in [0, 0.05) is 30.5 Å². The van der Waals surface area contributed by atoms with E-state index in [1.165, 1.54) is 5.56 Å². The first-order chi connectivity index (χ1) is 8.60. The molecule has 6 heteroatoms. The Labute approximate surface area is 120 Å². The van der Waals surface area contributed by atoms with Crippen molar-refractivity contribution in [3.8, 4) is 0 Å². The molecule has 0 aliphatic rings. The van der Waals surface area contributed by atoms with Gasteiger partial charge >= 0.3 is 0 Å². The van der Waals surface area contributed by atoms with Crippen molar-refractivity contribution in [1.29, 1.82) is 0 Å². The summed E-state index contributed by atoms with van der Waals surface area (Å²) in [5.74, 6) is 0.940. The maximum absolute atomic E-state index is 4.52. The van der Waals surface area contributed by atoms with Gasteiger partial charge in [0.15, 0.2) is 5.82 Å². The molecule has 0 atom stereocenters. The highest BCUT2D eigenvalue weighted by molar-refractivity contribution is 5.85. The number of aromatic nitrogens is 4. The van der Waals surface area contributed by atoms with Crippen LogP contribution in [0.5, 0.6) is 0 Å². The van der Waals surface area contributed by atoms with Gasteiger partial charge in [-0.25, -0.2) is 0 Å². The molecule has 0 amide bonds. The third kappa shape index (κ3) is 3.73. The summed E-state index contributed by atoms with van der Waals surface area (Å²) in [4.78, 5) is 0. The van der Waals surface area contributed by atoms with Crippen LogP contribution in [0.3, 0.4) is 0 Å². The highest BCUT2D eigenvalue weighted by atomic mass is 35.5. The predicted molar refractivity (Wildman–Crippen MR) is 79.8 cm³/mol. The Morgan fingerprint density at radius 2 is 2.05 bits per heavy atom. The minimum absolute atomic E-state index is 0. The summed E-state index contributed by atoms with van der Waals surface area (Å²) >= 11 is 0. The maximum Gasteiger partial charge on any atom is 0.151 e. The lowest BCUT2D eigenvalue weighted by molar-refractivity contribution is 0.533. The van der Waals surface area contributed by atoms with Gasteiger partial charge in [-0.05, 0) is 33.8 Å². The average molecular weight is 284 g/mol. The molecule has 0 aliphatic carbocycles. The van der Waals surface area contributed by atoms with E-state index in [4.69, 9.17) is 0 Å². The minimum atomic E-state index is 0. The molecule has 2 aromatic heterocycles. The molecule has 2 heterocycles. The second-order valence-corrected chi connectivity index (χ2v) is 4.75. The van der Waals surface area contributed by atoms with Crippen molar-refractivity contribution in [3.63, 3.8) is 0 Å². The van der Waals surface area contributed by atoms with E-state index in [1.807, 2.05) is 21.6 Å². The molecule has 19 heavy (non-hydrogen) atoms. The Hall–Kier alpha value is -1.49. The Bertz CT molecular complexity index is 515. The Morgan fingerprint density at radius 1 is 1.32 bits per heavy atom. The summed E-state index contributed by atoms with van der Waals surface area (Å²) < 4.78 is 3.90. The zero-order valence-corrected chi connectivity index (χ0v) is 12.7. The van der Waals surface area contributed by atoms with Crippen molar-refractivity contribution in [2.45, 2.75) is 46.8 Å². The van der Waals surface area contributed by atoms with Gasteiger partial charge in [-0.1, -0.05) is 0 Å². The molecule has 106 valence electrons. The van der Waals surface area contributed by atoms with E-state index in [0.717, 1.165) is 18.1 Å². The molecule has 0 aliphatic heterocycles. The van der Waals surface area contributed by atoms with Gasteiger partial charge in [0.05, 0.1) is 12.2 Å². The topological polar surface area (TPSA) is 47.7 Å². The fraction of sp³-hybridized carbons (Fsp3) is 0.538. The van der Waals surface area contributed by atoms with E-state index in [0.29, 0.717) is 12.6 Å². The number of hydrogen-bond donors (Lipinski definition) is 1. The first-order valence-corrected chi connectivity index (χ1v) is 6.42. The van der Waals surface area contributed by atoms with Gasteiger partial charge in [-0.3, -0.25) is 9.36 Å². The van der Waals surface area contributed by atoms with Crippen molar-refractivity contribution >= 4 is 18.2 Å². The van der Waals surface area contributed by atoms with Crippen LogP contribution in [0.15, 0.2) is 18.5 Å². The summed E-state index contributed by atoms with van der Waals surface area (Å²) in [6, 6.07) is 2.42. The van der Waals surface area contributed by atoms with E-state index in [-0.39, 0.29) is 12.4 Å². The zero-order valence-electron chi connectivity index (χ0n) is 11.9. The number of aryl methyl sites for hydroxylation is 2. The van der Waals surface area contributed by atoms with Crippen molar-refractivity contribution in [2.75, 3.05) is 5.32 Å². The molecule has 0 radical (unpaired) electrons. The average Bonchev–Trinajstić information content (AvgIpc) is 2.93. The lowest BCUT2D eigenvalue weighted by Gasteiger charge is -2.04. The van der Waals surface area contributed by atoms with Gasteiger partial charge in [0.2, 0.25) is 0 Å². The third-order valence-electron chi connectivity index (χ3n) is 2.90. The normalized spacial score (nSPS) is 10.6. The maximum atomic E-state index is 4.52. The molecule has 2 rings (SSSR count). The fourth-order valence-corrected chi connectivity index (χ4v) is 1.77. The van der Waals surface area contributed by atoms with E-state index >= 15 is 0 Å². The van der Waals surface area contributed by atoms with Crippen molar-refractivity contribution in [2.24, 2.45) is 0 Å². The Morgan fingerprint density at radius 3 is 2.58 bits per heavy atom. The van der Waals surface area contributed by atoms with Crippen LogP contribution in [0.1, 0.15) is 38.1 Å². The fourth-order valence-electron chi connectivity index (χ4n) is 1.77. The number of hydrogen-bond acceptors (Lipinski definition) is 3. The number of nitrogens with one attached hydrogen (secondary N) is 1. The summed E-state index contributed by atoms with van der Waals surface area (Å²) in [6.07, 6.45) is 4.06. The lowest BCUT2D eigenvalue weighted by Crippen LogP contribution is -2.05. The second kappa shape index (κ2) is 6.61. The van der Waals surface area contributed by atoms with Crippen LogP contribution in [0.4, 0.5) is 5.82 Å². The molecule has 0 saturated carbocycles. The zero-order chi connectivity index (χ0) is 13.1. The molecule has 0 fully saturated rings. The lowest BCUT2D eigenvalue weighted by atomic mass is 10.3. The quantitative estimate of drug-likeness (QED) is 0.917. The monoisotopic (exact) mass is 283 g/mol. The second-order valence-electron chi connectivity index (χ2n) is 4.75. The highest BCUT2D eigenvalue weighted by Crippen LogP contribution is 2.15. The van der Waals surface area contributed by atoms with E-state index in [2.05, 4.69) is 49.4 Å². The van der Waals surface area contributed by atoms with Gasteiger partial charge in [0.25, 0.3) is 0 Å². The van der Waals surface area contributed by atoms with Crippen molar-refractivity contribution < 1.29 is 0 Å². The van der Waals surface area contributed by atoms with Crippen LogP contribution < -0.4 is 5.32 Å². The number of nitrogens with zero attached hydrogens (tertiary/aromatic N) is 4. The largest absolute Gasteiger partial charge is 0.363 e. The van der Waals surface area contributed by atoms with Gasteiger partial charge in [-0.15, -0.1) is 12.4 Å². The van der Waals surface area contributed by atoms with Crippen molar-refractivity contribution in [1.82, 2.24) is 19.6 Å². The van der Waals surface area contributed by atoms with Crippen LogP contribution in [0, 0.1) is 6.92 Å².